The number of anilines is 2. The largest absolute Gasteiger partial charge is 0.372 e. The summed E-state index contributed by atoms with van der Waals surface area (Å²) >= 11 is 0. The molecule has 2 aromatic carbocycles. The van der Waals surface area contributed by atoms with Gasteiger partial charge in [-0.05, 0) is 89.6 Å². The van der Waals surface area contributed by atoms with Crippen molar-refractivity contribution in [2.45, 2.75) is 47.1 Å². The molecule has 0 unspecified atom stereocenters. The molecule has 0 aliphatic heterocycles. The van der Waals surface area contributed by atoms with Gasteiger partial charge in [-0.25, -0.2) is 0 Å². The average Bonchev–Trinajstić information content (AvgIpc) is 2.63. The van der Waals surface area contributed by atoms with Crippen molar-refractivity contribution in [1.82, 2.24) is 5.32 Å². The van der Waals surface area contributed by atoms with E-state index in [4.69, 9.17) is 0 Å². The maximum absolute atomic E-state index is 12.6. The third-order valence-corrected chi connectivity index (χ3v) is 4.48. The van der Waals surface area contributed by atoms with E-state index in [9.17, 15) is 9.59 Å². The number of hydrogen-bond acceptors (Lipinski definition) is 3. The molecule has 2 rings (SSSR count). The molecule has 5 nitrogen and oxygen atoms in total. The Morgan fingerprint density at radius 2 is 1.43 bits per heavy atom. The zero-order valence-electron chi connectivity index (χ0n) is 17.7. The van der Waals surface area contributed by atoms with Crippen LogP contribution in [0.5, 0.6) is 0 Å². The van der Waals surface area contributed by atoms with Crippen molar-refractivity contribution in [1.29, 1.82) is 0 Å². The monoisotopic (exact) mass is 381 g/mol. The fraction of sp³-hybridized carbons (Fsp3) is 0.391. The minimum Gasteiger partial charge on any atom is -0.372 e. The number of nitrogens with one attached hydrogen (secondary N) is 2. The predicted octanol–water partition coefficient (Wildman–Crippen LogP) is 4.62. The summed E-state index contributed by atoms with van der Waals surface area (Å²) in [4.78, 5) is 27.0. The summed E-state index contributed by atoms with van der Waals surface area (Å²) in [6, 6.07) is 12.7. The molecule has 0 fully saturated rings. The Kier molecular flexibility index (Phi) is 6.84. The van der Waals surface area contributed by atoms with Crippen LogP contribution in [0.15, 0.2) is 42.5 Å². The topological polar surface area (TPSA) is 61.4 Å². The lowest BCUT2D eigenvalue weighted by atomic mass is 10.1. The van der Waals surface area contributed by atoms with E-state index in [1.807, 2.05) is 39.8 Å². The van der Waals surface area contributed by atoms with Gasteiger partial charge in [0.25, 0.3) is 11.8 Å². The summed E-state index contributed by atoms with van der Waals surface area (Å²) in [7, 11) is 0. The number of aryl methyl sites for hydroxylation is 1. The van der Waals surface area contributed by atoms with Crippen molar-refractivity contribution in [3.8, 4) is 0 Å². The molecule has 150 valence electrons. The molecule has 2 amide bonds. The molecule has 0 radical (unpaired) electrons. The van der Waals surface area contributed by atoms with E-state index in [-0.39, 0.29) is 17.4 Å². The first-order valence-electron chi connectivity index (χ1n) is 9.74. The molecule has 0 heterocycles. The molecular weight excluding hydrogens is 350 g/mol. The SMILES string of the molecule is CCN(CC)c1ccc(NC(=O)c2ccc(C(=O)NC(C)(C)C)cc2)c(C)c1. The third kappa shape index (κ3) is 5.59. The minimum absolute atomic E-state index is 0.151. The van der Waals surface area contributed by atoms with Gasteiger partial charge in [0.2, 0.25) is 0 Å². The van der Waals surface area contributed by atoms with Gasteiger partial charge < -0.3 is 15.5 Å². The number of carbonyl (C=O) groups excluding carboxylic acids is 2. The first-order valence-corrected chi connectivity index (χ1v) is 9.74. The van der Waals surface area contributed by atoms with Crippen molar-refractivity contribution in [3.05, 3.63) is 59.2 Å². The summed E-state index contributed by atoms with van der Waals surface area (Å²) in [6.45, 7) is 13.9. The quantitative estimate of drug-likeness (QED) is 0.767. The second kappa shape index (κ2) is 8.91. The van der Waals surface area contributed by atoms with E-state index < -0.39 is 0 Å². The van der Waals surface area contributed by atoms with Gasteiger partial charge in [-0.3, -0.25) is 9.59 Å². The fourth-order valence-corrected chi connectivity index (χ4v) is 2.95. The van der Waals surface area contributed by atoms with Crippen LogP contribution < -0.4 is 15.5 Å². The van der Waals surface area contributed by atoms with Gasteiger partial charge in [0.1, 0.15) is 0 Å². The van der Waals surface area contributed by atoms with Gasteiger partial charge in [0.15, 0.2) is 0 Å². The van der Waals surface area contributed by atoms with E-state index in [1.165, 1.54) is 0 Å². The van der Waals surface area contributed by atoms with E-state index in [0.29, 0.717) is 11.1 Å². The molecule has 2 aromatic rings. The van der Waals surface area contributed by atoms with Crippen LogP contribution in [0.3, 0.4) is 0 Å². The van der Waals surface area contributed by atoms with Crippen LogP contribution in [0, 0.1) is 6.92 Å². The lowest BCUT2D eigenvalue weighted by Gasteiger charge is -2.22. The van der Waals surface area contributed by atoms with Crippen LogP contribution in [0.25, 0.3) is 0 Å². The Morgan fingerprint density at radius 3 is 1.89 bits per heavy atom. The second-order valence-electron chi connectivity index (χ2n) is 7.91. The molecule has 5 heteroatoms. The summed E-state index contributed by atoms with van der Waals surface area (Å²) in [6.07, 6.45) is 0. The highest BCUT2D eigenvalue weighted by molar-refractivity contribution is 6.05. The van der Waals surface area contributed by atoms with Crippen molar-refractivity contribution < 1.29 is 9.59 Å². The number of nitrogens with zero attached hydrogens (tertiary/aromatic N) is 1. The molecule has 0 saturated carbocycles. The fourth-order valence-electron chi connectivity index (χ4n) is 2.95. The number of hydrogen-bond donors (Lipinski definition) is 2. The molecule has 0 aliphatic carbocycles. The standard InChI is InChI=1S/C23H31N3O2/c1-7-26(8-2)19-13-14-20(16(3)15-19)24-21(27)17-9-11-18(12-10-17)22(28)25-23(4,5)6/h9-15H,7-8H2,1-6H3,(H,24,27)(H,25,28). The summed E-state index contributed by atoms with van der Waals surface area (Å²) in [5.74, 6) is -0.344. The summed E-state index contributed by atoms with van der Waals surface area (Å²) in [5.41, 5.74) is 3.69. The Labute approximate surface area is 168 Å². The Morgan fingerprint density at radius 1 is 0.893 bits per heavy atom. The maximum Gasteiger partial charge on any atom is 0.255 e. The summed E-state index contributed by atoms with van der Waals surface area (Å²) < 4.78 is 0. The van der Waals surface area contributed by atoms with Gasteiger partial charge in [0.05, 0.1) is 0 Å². The number of amides is 2. The minimum atomic E-state index is -0.304. The zero-order valence-corrected chi connectivity index (χ0v) is 17.7. The van der Waals surface area contributed by atoms with Crippen molar-refractivity contribution in [2.24, 2.45) is 0 Å². The predicted molar refractivity (Wildman–Crippen MR) is 116 cm³/mol. The Hall–Kier alpha value is -2.82. The molecule has 0 spiro atoms. The van der Waals surface area contributed by atoms with Crippen LogP contribution >= 0.6 is 0 Å². The number of benzene rings is 2. The second-order valence-corrected chi connectivity index (χ2v) is 7.91. The van der Waals surface area contributed by atoms with Crippen LogP contribution in [-0.4, -0.2) is 30.4 Å². The molecule has 0 atom stereocenters. The van der Waals surface area contributed by atoms with Crippen molar-refractivity contribution in [3.63, 3.8) is 0 Å². The lowest BCUT2D eigenvalue weighted by Crippen LogP contribution is -2.40. The van der Waals surface area contributed by atoms with E-state index in [1.54, 1.807) is 24.3 Å². The lowest BCUT2D eigenvalue weighted by molar-refractivity contribution is 0.0918. The molecule has 0 aliphatic rings. The normalized spacial score (nSPS) is 11.1. The van der Waals surface area contributed by atoms with Gasteiger partial charge >= 0.3 is 0 Å². The third-order valence-electron chi connectivity index (χ3n) is 4.48. The van der Waals surface area contributed by atoms with E-state index >= 15 is 0 Å². The highest BCUT2D eigenvalue weighted by atomic mass is 16.2. The zero-order chi connectivity index (χ0) is 20.9. The Balaban J connectivity index is 2.10. The first kappa shape index (κ1) is 21.5. The molecule has 0 bridgehead atoms. The molecule has 2 N–H and O–H groups in total. The van der Waals surface area contributed by atoms with Crippen LogP contribution in [0.4, 0.5) is 11.4 Å². The highest BCUT2D eigenvalue weighted by Gasteiger charge is 2.16. The van der Waals surface area contributed by atoms with E-state index in [2.05, 4.69) is 35.4 Å². The highest BCUT2D eigenvalue weighted by Crippen LogP contribution is 2.23. The van der Waals surface area contributed by atoms with Gasteiger partial charge in [-0.1, -0.05) is 0 Å². The van der Waals surface area contributed by atoms with Crippen LogP contribution in [0.2, 0.25) is 0 Å². The van der Waals surface area contributed by atoms with Crippen LogP contribution in [0.1, 0.15) is 60.9 Å². The smallest absolute Gasteiger partial charge is 0.255 e. The molecule has 0 saturated heterocycles. The van der Waals surface area contributed by atoms with Crippen molar-refractivity contribution in [2.75, 3.05) is 23.3 Å². The maximum atomic E-state index is 12.6. The van der Waals surface area contributed by atoms with Gasteiger partial charge in [-0.2, -0.15) is 0 Å². The van der Waals surface area contributed by atoms with Crippen molar-refractivity contribution >= 4 is 23.2 Å². The summed E-state index contributed by atoms with van der Waals surface area (Å²) in [5, 5.41) is 5.87. The number of rotatable bonds is 6. The van der Waals surface area contributed by atoms with Gasteiger partial charge in [0, 0.05) is 41.1 Å². The Bertz CT molecular complexity index is 832. The first-order chi connectivity index (χ1) is 13.1. The molecular formula is C23H31N3O2. The average molecular weight is 382 g/mol. The van der Waals surface area contributed by atoms with Crippen LogP contribution in [-0.2, 0) is 0 Å². The molecule has 0 aromatic heterocycles. The number of carbonyl (C=O) groups is 2. The van der Waals surface area contributed by atoms with Gasteiger partial charge in [-0.15, -0.1) is 0 Å². The van der Waals surface area contributed by atoms with E-state index in [0.717, 1.165) is 30.0 Å². The molecule has 28 heavy (non-hydrogen) atoms.